The van der Waals surface area contributed by atoms with E-state index in [2.05, 4.69) is 5.32 Å². The van der Waals surface area contributed by atoms with E-state index in [0.717, 1.165) is 13.0 Å². The van der Waals surface area contributed by atoms with Gasteiger partial charge in [0, 0.05) is 12.2 Å². The standard InChI is InChI=1S/C10H16N2O3S/c1-2-5-12-7-8-3-4-9(11)6-10(8)16(13,14)15/h3-4,6,12H,2,5,7,11H2,1H3,(H,13,14,15). The molecule has 0 saturated carbocycles. The number of nitrogen functional groups attached to an aromatic ring is 1. The van der Waals surface area contributed by atoms with E-state index in [9.17, 15) is 8.42 Å². The predicted molar refractivity (Wildman–Crippen MR) is 62.7 cm³/mol. The van der Waals surface area contributed by atoms with Gasteiger partial charge in [0.2, 0.25) is 0 Å². The first kappa shape index (κ1) is 13.0. The lowest BCUT2D eigenvalue weighted by atomic mass is 10.2. The Balaban J connectivity index is 2.99. The maximum absolute atomic E-state index is 11.1. The number of hydrogen-bond donors (Lipinski definition) is 3. The van der Waals surface area contributed by atoms with Crippen LogP contribution in [-0.2, 0) is 16.7 Å². The highest BCUT2D eigenvalue weighted by atomic mass is 32.2. The van der Waals surface area contributed by atoms with Crippen molar-refractivity contribution in [3.05, 3.63) is 23.8 Å². The zero-order valence-electron chi connectivity index (χ0n) is 9.10. The fourth-order valence-electron chi connectivity index (χ4n) is 1.36. The highest BCUT2D eigenvalue weighted by Gasteiger charge is 2.15. The van der Waals surface area contributed by atoms with Gasteiger partial charge in [0.25, 0.3) is 10.1 Å². The van der Waals surface area contributed by atoms with Gasteiger partial charge in [-0.2, -0.15) is 8.42 Å². The molecule has 5 nitrogen and oxygen atoms in total. The van der Waals surface area contributed by atoms with Crippen LogP contribution in [0.3, 0.4) is 0 Å². The van der Waals surface area contributed by atoms with Gasteiger partial charge in [-0.25, -0.2) is 0 Å². The molecule has 1 rings (SSSR count). The summed E-state index contributed by atoms with van der Waals surface area (Å²) in [4.78, 5) is -0.129. The fraction of sp³-hybridized carbons (Fsp3) is 0.400. The number of hydrogen-bond acceptors (Lipinski definition) is 4. The molecule has 16 heavy (non-hydrogen) atoms. The lowest BCUT2D eigenvalue weighted by Gasteiger charge is -2.08. The molecule has 0 saturated heterocycles. The Labute approximate surface area is 95.4 Å². The third kappa shape index (κ3) is 3.48. The molecule has 0 fully saturated rings. The minimum absolute atomic E-state index is 0.129. The van der Waals surface area contributed by atoms with Crippen LogP contribution < -0.4 is 11.1 Å². The van der Waals surface area contributed by atoms with E-state index in [-0.39, 0.29) is 4.90 Å². The van der Waals surface area contributed by atoms with Crippen LogP contribution in [0, 0.1) is 0 Å². The first-order valence-corrected chi connectivity index (χ1v) is 6.45. The van der Waals surface area contributed by atoms with Crippen LogP contribution in [0.2, 0.25) is 0 Å². The van der Waals surface area contributed by atoms with Gasteiger partial charge in [0.15, 0.2) is 0 Å². The number of benzene rings is 1. The summed E-state index contributed by atoms with van der Waals surface area (Å²) in [5.74, 6) is 0. The first-order chi connectivity index (χ1) is 7.45. The monoisotopic (exact) mass is 244 g/mol. The molecule has 0 radical (unpaired) electrons. The largest absolute Gasteiger partial charge is 0.399 e. The first-order valence-electron chi connectivity index (χ1n) is 5.01. The number of nitrogens with two attached hydrogens (primary N) is 1. The molecule has 0 aromatic heterocycles. The molecule has 0 aliphatic carbocycles. The van der Waals surface area contributed by atoms with Crippen molar-refractivity contribution >= 4 is 15.8 Å². The average Bonchev–Trinajstić information content (AvgIpc) is 2.19. The Morgan fingerprint density at radius 3 is 2.69 bits per heavy atom. The van der Waals surface area contributed by atoms with Crippen molar-refractivity contribution in [2.45, 2.75) is 24.8 Å². The maximum atomic E-state index is 11.1. The fourth-order valence-corrected chi connectivity index (χ4v) is 2.11. The molecular formula is C10H16N2O3S. The Kier molecular flexibility index (Phi) is 4.28. The number of nitrogens with one attached hydrogen (secondary N) is 1. The van der Waals surface area contributed by atoms with E-state index in [4.69, 9.17) is 10.3 Å². The van der Waals surface area contributed by atoms with Crippen molar-refractivity contribution < 1.29 is 13.0 Å². The molecule has 0 heterocycles. The zero-order chi connectivity index (χ0) is 12.2. The Morgan fingerprint density at radius 2 is 2.12 bits per heavy atom. The quantitative estimate of drug-likeness (QED) is 0.408. The predicted octanol–water partition coefficient (Wildman–Crippen LogP) is 1.02. The molecule has 1 aromatic rings. The smallest absolute Gasteiger partial charge is 0.294 e. The van der Waals surface area contributed by atoms with Crippen LogP contribution in [0.5, 0.6) is 0 Å². The second-order valence-electron chi connectivity index (χ2n) is 3.52. The second kappa shape index (κ2) is 5.29. The highest BCUT2D eigenvalue weighted by Crippen LogP contribution is 2.18. The molecule has 4 N–H and O–H groups in total. The second-order valence-corrected chi connectivity index (χ2v) is 4.91. The van der Waals surface area contributed by atoms with Gasteiger partial charge in [0.1, 0.15) is 4.90 Å². The summed E-state index contributed by atoms with van der Waals surface area (Å²) in [7, 11) is -4.21. The molecule has 0 unspecified atom stereocenters. The summed E-state index contributed by atoms with van der Waals surface area (Å²) in [6.07, 6.45) is 0.955. The van der Waals surface area contributed by atoms with Gasteiger partial charge in [-0.05, 0) is 30.7 Å². The Morgan fingerprint density at radius 1 is 1.44 bits per heavy atom. The van der Waals surface area contributed by atoms with Gasteiger partial charge < -0.3 is 11.1 Å². The molecule has 0 aliphatic heterocycles. The summed E-state index contributed by atoms with van der Waals surface area (Å²) in [5.41, 5.74) is 6.31. The van der Waals surface area contributed by atoms with Crippen molar-refractivity contribution in [2.75, 3.05) is 12.3 Å². The molecule has 0 aliphatic rings. The minimum Gasteiger partial charge on any atom is -0.399 e. The molecule has 0 bridgehead atoms. The lowest BCUT2D eigenvalue weighted by molar-refractivity contribution is 0.481. The van der Waals surface area contributed by atoms with Crippen LogP contribution in [0.25, 0.3) is 0 Å². The molecule has 6 heteroatoms. The lowest BCUT2D eigenvalue weighted by Crippen LogP contribution is -2.16. The zero-order valence-corrected chi connectivity index (χ0v) is 9.92. The summed E-state index contributed by atoms with van der Waals surface area (Å²) >= 11 is 0. The van der Waals surface area contributed by atoms with Gasteiger partial charge in [-0.3, -0.25) is 4.55 Å². The maximum Gasteiger partial charge on any atom is 0.294 e. The van der Waals surface area contributed by atoms with Crippen molar-refractivity contribution in [1.82, 2.24) is 5.32 Å². The average molecular weight is 244 g/mol. The molecule has 0 spiro atoms. The Bertz CT molecular complexity index is 457. The number of rotatable bonds is 5. The number of anilines is 1. The molecule has 90 valence electrons. The van der Waals surface area contributed by atoms with Gasteiger partial charge in [0.05, 0.1) is 0 Å². The molecule has 1 aromatic carbocycles. The van der Waals surface area contributed by atoms with Crippen LogP contribution in [0.4, 0.5) is 5.69 Å². The third-order valence-electron chi connectivity index (χ3n) is 2.11. The van der Waals surface area contributed by atoms with Crippen LogP contribution >= 0.6 is 0 Å². The summed E-state index contributed by atoms with van der Waals surface area (Å²) in [6.45, 7) is 3.19. The van der Waals surface area contributed by atoms with Crippen LogP contribution in [-0.4, -0.2) is 19.5 Å². The summed E-state index contributed by atoms with van der Waals surface area (Å²) < 4.78 is 31.3. The van der Waals surface area contributed by atoms with Crippen molar-refractivity contribution in [3.8, 4) is 0 Å². The van der Waals surface area contributed by atoms with Crippen molar-refractivity contribution in [2.24, 2.45) is 0 Å². The normalized spacial score (nSPS) is 11.6. The van der Waals surface area contributed by atoms with Crippen molar-refractivity contribution in [1.29, 1.82) is 0 Å². The van der Waals surface area contributed by atoms with Crippen molar-refractivity contribution in [3.63, 3.8) is 0 Å². The van der Waals surface area contributed by atoms with Crippen LogP contribution in [0.15, 0.2) is 23.1 Å². The van der Waals surface area contributed by atoms with E-state index in [0.29, 0.717) is 17.8 Å². The summed E-state index contributed by atoms with van der Waals surface area (Å²) in [5, 5.41) is 3.07. The third-order valence-corrected chi connectivity index (χ3v) is 3.05. The van der Waals surface area contributed by atoms with Gasteiger partial charge in [-0.15, -0.1) is 0 Å². The highest BCUT2D eigenvalue weighted by molar-refractivity contribution is 7.85. The van der Waals surface area contributed by atoms with E-state index in [1.807, 2.05) is 6.92 Å². The minimum atomic E-state index is -4.21. The van der Waals surface area contributed by atoms with E-state index in [1.165, 1.54) is 6.07 Å². The van der Waals surface area contributed by atoms with E-state index >= 15 is 0 Å². The van der Waals surface area contributed by atoms with Crippen LogP contribution in [0.1, 0.15) is 18.9 Å². The van der Waals surface area contributed by atoms with E-state index in [1.54, 1.807) is 12.1 Å². The van der Waals surface area contributed by atoms with Gasteiger partial charge >= 0.3 is 0 Å². The Hall–Kier alpha value is -1.11. The SMILES string of the molecule is CCCNCc1ccc(N)cc1S(=O)(=O)O. The molecule has 0 amide bonds. The summed E-state index contributed by atoms with van der Waals surface area (Å²) in [6, 6.07) is 4.47. The molecule has 0 atom stereocenters. The van der Waals surface area contributed by atoms with Gasteiger partial charge in [-0.1, -0.05) is 13.0 Å². The molecular weight excluding hydrogens is 228 g/mol. The topological polar surface area (TPSA) is 92.4 Å². The van der Waals surface area contributed by atoms with E-state index < -0.39 is 10.1 Å².